The van der Waals surface area contributed by atoms with Crippen molar-refractivity contribution in [1.82, 2.24) is 15.8 Å². The summed E-state index contributed by atoms with van der Waals surface area (Å²) in [5, 5.41) is 17.5. The van der Waals surface area contributed by atoms with Crippen LogP contribution in [0, 0.1) is 5.41 Å². The molecule has 188 valence electrons. The van der Waals surface area contributed by atoms with Crippen LogP contribution in [-0.4, -0.2) is 58.7 Å². The maximum atomic E-state index is 9.46. The van der Waals surface area contributed by atoms with Crippen molar-refractivity contribution in [1.29, 1.82) is 0 Å². The van der Waals surface area contributed by atoms with Crippen molar-refractivity contribution in [2.75, 3.05) is 19.0 Å². The van der Waals surface area contributed by atoms with Gasteiger partial charge < -0.3 is 20.6 Å². The van der Waals surface area contributed by atoms with Crippen molar-refractivity contribution in [3.63, 3.8) is 0 Å². The number of nitrogens with one attached hydrogen (secondary N) is 3. The summed E-state index contributed by atoms with van der Waals surface area (Å²) in [5.74, 6) is 13.7. The van der Waals surface area contributed by atoms with E-state index in [0.29, 0.717) is 29.8 Å². The molecule has 2 rings (SSSR count). The molecule has 0 radical (unpaired) electrons. The standard InChI is InChI=1S/C24H40N8O2/c1-16(2)12-19(34-6)13-21(24(4,5)15-27-31-18-10-11-18)29-22-9-7-8-20(28-22)23(30-25)32(26)17(3)14-33/h7-9,12,15,17-18,21,31,33H,1,10-11,13-14,26H2,2-6H3,(H3,25,28,29)/p+1. The van der Waals surface area contributed by atoms with Gasteiger partial charge in [0, 0.05) is 30.1 Å². The van der Waals surface area contributed by atoms with Crippen LogP contribution in [0.4, 0.5) is 5.82 Å². The normalized spacial score (nSPS) is 17.1. The van der Waals surface area contributed by atoms with Gasteiger partial charge in [-0.25, -0.2) is 4.98 Å². The van der Waals surface area contributed by atoms with Crippen LogP contribution in [0.2, 0.25) is 0 Å². The van der Waals surface area contributed by atoms with E-state index in [1.54, 1.807) is 20.1 Å². The Kier molecular flexibility index (Phi) is 9.88. The zero-order chi connectivity index (χ0) is 25.3. The fraction of sp³-hybridized carbons (Fsp3) is 0.542. The zero-order valence-corrected chi connectivity index (χ0v) is 21.0. The molecule has 0 saturated heterocycles. The molecule has 0 amide bonds. The lowest BCUT2D eigenvalue weighted by atomic mass is 9.83. The number of aliphatic hydroxyl groups excluding tert-OH is 1. The molecule has 1 aliphatic carbocycles. The van der Waals surface area contributed by atoms with Gasteiger partial charge in [0.15, 0.2) is 5.69 Å². The molecule has 2 unspecified atom stereocenters. The number of hydrazine groups is 2. The lowest BCUT2D eigenvalue weighted by Crippen LogP contribution is -2.47. The summed E-state index contributed by atoms with van der Waals surface area (Å²) < 4.78 is 6.99. The first-order chi connectivity index (χ1) is 16.1. The number of hydrazone groups is 2. The third-order valence-electron chi connectivity index (χ3n) is 5.65. The Bertz CT molecular complexity index is 921. The summed E-state index contributed by atoms with van der Waals surface area (Å²) in [6.45, 7) is 11.8. The molecule has 10 heteroatoms. The molecule has 1 heterocycles. The molecule has 0 aromatic carbocycles. The molecule has 10 nitrogen and oxygen atoms in total. The maximum Gasteiger partial charge on any atom is 0.337 e. The number of rotatable bonds is 13. The number of anilines is 1. The summed E-state index contributed by atoms with van der Waals surface area (Å²) in [6.07, 6.45) is 6.78. The molecule has 1 fully saturated rings. The first-order valence-electron chi connectivity index (χ1n) is 11.5. The number of ether oxygens (including phenoxy) is 1. The van der Waals surface area contributed by atoms with E-state index >= 15 is 0 Å². The molecule has 8 N–H and O–H groups in total. The number of methoxy groups -OCH3 is 1. The van der Waals surface area contributed by atoms with Crippen LogP contribution in [0.3, 0.4) is 0 Å². The van der Waals surface area contributed by atoms with Gasteiger partial charge in [0.2, 0.25) is 0 Å². The van der Waals surface area contributed by atoms with Gasteiger partial charge in [-0.05, 0) is 44.9 Å². The first-order valence-corrected chi connectivity index (χ1v) is 11.5. The predicted octanol–water partition coefficient (Wildman–Crippen LogP) is 1.60. The van der Waals surface area contributed by atoms with E-state index in [-0.39, 0.29) is 24.1 Å². The van der Waals surface area contributed by atoms with Gasteiger partial charge in [0.05, 0.1) is 19.5 Å². The molecule has 1 aromatic heterocycles. The number of allylic oxidation sites excluding steroid dienone is 2. The quantitative estimate of drug-likeness (QED) is 0.0482. The molecule has 0 aliphatic heterocycles. The van der Waals surface area contributed by atoms with Crippen molar-refractivity contribution in [2.24, 2.45) is 22.2 Å². The van der Waals surface area contributed by atoms with Crippen LogP contribution in [0.5, 0.6) is 0 Å². The molecule has 1 aliphatic rings. The van der Waals surface area contributed by atoms with Gasteiger partial charge in [-0.3, -0.25) is 5.84 Å². The van der Waals surface area contributed by atoms with E-state index < -0.39 is 0 Å². The summed E-state index contributed by atoms with van der Waals surface area (Å²) >= 11 is 0. The summed E-state index contributed by atoms with van der Waals surface area (Å²) in [4.78, 5) is 4.72. The zero-order valence-electron chi connectivity index (χ0n) is 21.0. The highest BCUT2D eigenvalue weighted by atomic mass is 16.5. The smallest absolute Gasteiger partial charge is 0.337 e. The summed E-state index contributed by atoms with van der Waals surface area (Å²) in [6, 6.07) is 5.58. The summed E-state index contributed by atoms with van der Waals surface area (Å²) in [5.41, 5.74) is 6.89. The molecule has 1 saturated carbocycles. The van der Waals surface area contributed by atoms with Crippen LogP contribution in [0.25, 0.3) is 0 Å². The number of aromatic nitrogens is 1. The molecule has 1 aromatic rings. The van der Waals surface area contributed by atoms with Crippen molar-refractivity contribution < 1.29 is 14.5 Å². The Labute approximate surface area is 202 Å². The van der Waals surface area contributed by atoms with Gasteiger partial charge >= 0.3 is 5.84 Å². The van der Waals surface area contributed by atoms with Crippen LogP contribution < -0.4 is 27.9 Å². The minimum atomic E-state index is -0.351. The lowest BCUT2D eigenvalue weighted by molar-refractivity contribution is -0.577. The maximum absolute atomic E-state index is 9.46. The van der Waals surface area contributed by atoms with E-state index in [1.807, 2.05) is 31.3 Å². The Balaban J connectivity index is 2.37. The molecule has 0 spiro atoms. The Morgan fingerprint density at radius 3 is 2.71 bits per heavy atom. The third kappa shape index (κ3) is 8.03. The van der Waals surface area contributed by atoms with E-state index in [4.69, 9.17) is 21.4 Å². The fourth-order valence-electron chi connectivity index (χ4n) is 3.20. The van der Waals surface area contributed by atoms with E-state index in [2.05, 4.69) is 41.7 Å². The highest BCUT2D eigenvalue weighted by molar-refractivity contribution is 5.93. The summed E-state index contributed by atoms with van der Waals surface area (Å²) in [7, 11) is 1.66. The SMILES string of the molecule is C=C(C)C=C(CC(Nc1cccc(C(NN)=[N+](N)C(C)CO)n1)C(C)(C)C=NNC1CC1)OC. The molecule has 0 bridgehead atoms. The number of nitrogens with two attached hydrogens (primary N) is 2. The third-order valence-corrected chi connectivity index (χ3v) is 5.65. The second-order valence-electron chi connectivity index (χ2n) is 9.38. The Morgan fingerprint density at radius 2 is 2.15 bits per heavy atom. The van der Waals surface area contributed by atoms with Gasteiger partial charge in [-0.1, -0.05) is 32.1 Å². The molecule has 34 heavy (non-hydrogen) atoms. The van der Waals surface area contributed by atoms with Gasteiger partial charge in [-0.2, -0.15) is 21.1 Å². The second-order valence-corrected chi connectivity index (χ2v) is 9.38. The van der Waals surface area contributed by atoms with Crippen LogP contribution >= 0.6 is 0 Å². The highest BCUT2D eigenvalue weighted by Gasteiger charge is 2.31. The first kappa shape index (κ1) is 27.1. The van der Waals surface area contributed by atoms with Crippen molar-refractivity contribution >= 4 is 17.9 Å². The molecular formula is C24H41N8O2+. The van der Waals surface area contributed by atoms with E-state index in [0.717, 1.165) is 24.2 Å². The largest absolute Gasteiger partial charge is 0.501 e. The molecule has 2 atom stereocenters. The van der Waals surface area contributed by atoms with E-state index in [9.17, 15) is 5.11 Å². The minimum Gasteiger partial charge on any atom is -0.501 e. The topological polar surface area (TPSA) is 146 Å². The predicted molar refractivity (Wildman–Crippen MR) is 137 cm³/mol. The number of nitrogens with zero attached hydrogens (tertiary/aromatic N) is 3. The van der Waals surface area contributed by atoms with Crippen LogP contribution in [0.1, 0.15) is 52.7 Å². The number of hydrogen-bond donors (Lipinski definition) is 6. The Morgan fingerprint density at radius 1 is 1.44 bits per heavy atom. The van der Waals surface area contributed by atoms with Crippen molar-refractivity contribution in [3.05, 3.63) is 47.9 Å². The second kappa shape index (κ2) is 12.4. The minimum absolute atomic E-state index is 0.106. The monoisotopic (exact) mass is 473 g/mol. The lowest BCUT2D eigenvalue weighted by Gasteiger charge is -2.32. The molecular weight excluding hydrogens is 432 g/mol. The highest BCUT2D eigenvalue weighted by Crippen LogP contribution is 2.28. The Hall–Kier alpha value is -3.11. The number of pyridine rings is 1. The van der Waals surface area contributed by atoms with Crippen molar-refractivity contribution in [3.8, 4) is 0 Å². The van der Waals surface area contributed by atoms with Crippen molar-refractivity contribution in [2.45, 2.75) is 65.1 Å². The fourth-order valence-corrected chi connectivity index (χ4v) is 3.20. The number of aliphatic hydroxyl groups is 1. The van der Waals surface area contributed by atoms with Gasteiger partial charge in [0.25, 0.3) is 0 Å². The number of amidine groups is 1. The average Bonchev–Trinajstić information content (AvgIpc) is 3.62. The van der Waals surface area contributed by atoms with Crippen LogP contribution in [0.15, 0.2) is 47.3 Å². The van der Waals surface area contributed by atoms with Gasteiger partial charge in [-0.15, -0.1) is 0 Å². The number of hydrogen-bond acceptors (Lipinski definition) is 8. The van der Waals surface area contributed by atoms with Crippen LogP contribution in [-0.2, 0) is 4.74 Å². The average molecular weight is 474 g/mol. The van der Waals surface area contributed by atoms with E-state index in [1.165, 1.54) is 4.68 Å². The van der Waals surface area contributed by atoms with Gasteiger partial charge in [0.1, 0.15) is 11.9 Å².